The van der Waals surface area contributed by atoms with Crippen molar-refractivity contribution in [3.05, 3.63) is 0 Å². The van der Waals surface area contributed by atoms with E-state index in [-0.39, 0.29) is 18.6 Å². The molecule has 0 aromatic carbocycles. The van der Waals surface area contributed by atoms with E-state index in [4.69, 9.17) is 0 Å². The van der Waals surface area contributed by atoms with E-state index in [0.29, 0.717) is 12.0 Å². The number of aliphatic hydroxyl groups is 1. The fraction of sp³-hybridized carbons (Fsp3) is 0.917. The summed E-state index contributed by atoms with van der Waals surface area (Å²) in [4.78, 5) is 11.6. The molecule has 0 aromatic heterocycles. The second kappa shape index (κ2) is 6.86. The van der Waals surface area contributed by atoms with Crippen LogP contribution in [0.5, 0.6) is 0 Å². The van der Waals surface area contributed by atoms with Crippen molar-refractivity contribution < 1.29 is 9.90 Å². The number of hydrogen-bond acceptors (Lipinski definition) is 3. The molecule has 1 amide bonds. The maximum atomic E-state index is 11.6. The van der Waals surface area contributed by atoms with Crippen LogP contribution in [0.2, 0.25) is 0 Å². The van der Waals surface area contributed by atoms with Crippen LogP contribution >= 0.6 is 0 Å². The van der Waals surface area contributed by atoms with Gasteiger partial charge in [-0.25, -0.2) is 0 Å². The van der Waals surface area contributed by atoms with Crippen LogP contribution in [-0.4, -0.2) is 36.2 Å². The summed E-state index contributed by atoms with van der Waals surface area (Å²) < 4.78 is 0. The number of hydrogen-bond donors (Lipinski definition) is 3. The number of aliphatic hydroxyl groups excluding tert-OH is 1. The van der Waals surface area contributed by atoms with Gasteiger partial charge in [0.1, 0.15) is 0 Å². The molecule has 16 heavy (non-hydrogen) atoms. The maximum absolute atomic E-state index is 11.6. The zero-order chi connectivity index (χ0) is 12.0. The van der Waals surface area contributed by atoms with Gasteiger partial charge in [-0.05, 0) is 32.1 Å². The van der Waals surface area contributed by atoms with Crippen molar-refractivity contribution in [1.82, 2.24) is 10.6 Å². The molecule has 0 aliphatic heterocycles. The Bertz CT molecular complexity index is 221. The Morgan fingerprint density at radius 3 is 2.88 bits per heavy atom. The molecule has 0 aromatic rings. The van der Waals surface area contributed by atoms with Crippen LogP contribution in [0.3, 0.4) is 0 Å². The van der Waals surface area contributed by atoms with Crippen molar-refractivity contribution in [3.63, 3.8) is 0 Å². The molecule has 1 saturated carbocycles. The average Bonchev–Trinajstić information content (AvgIpc) is 2.72. The highest BCUT2D eigenvalue weighted by molar-refractivity contribution is 5.81. The summed E-state index contributed by atoms with van der Waals surface area (Å²) in [6.45, 7) is 4.88. The lowest BCUT2D eigenvalue weighted by molar-refractivity contribution is -0.123. The van der Waals surface area contributed by atoms with Crippen molar-refractivity contribution >= 4 is 5.91 Å². The third-order valence-electron chi connectivity index (χ3n) is 3.30. The second-order valence-corrected chi connectivity index (χ2v) is 4.66. The summed E-state index contributed by atoms with van der Waals surface area (Å²) >= 11 is 0. The van der Waals surface area contributed by atoms with Crippen LogP contribution < -0.4 is 10.6 Å². The molecule has 0 radical (unpaired) electrons. The zero-order valence-corrected chi connectivity index (χ0v) is 10.3. The van der Waals surface area contributed by atoms with E-state index in [1.165, 1.54) is 0 Å². The van der Waals surface area contributed by atoms with E-state index in [1.54, 1.807) is 0 Å². The molecule has 4 nitrogen and oxygen atoms in total. The third kappa shape index (κ3) is 3.76. The van der Waals surface area contributed by atoms with Gasteiger partial charge in [0.05, 0.1) is 6.04 Å². The molecule has 0 spiro atoms. The molecule has 1 aliphatic rings. The van der Waals surface area contributed by atoms with E-state index < -0.39 is 0 Å². The lowest BCUT2D eigenvalue weighted by atomic mass is 10.0. The standard InChI is InChI=1S/C12H24N2O2/c1-3-7-13-12(16)9(2)14-11-6-4-5-10(11)8-15/h9-11,14-15H,3-8H2,1-2H3,(H,13,16). The monoisotopic (exact) mass is 228 g/mol. The highest BCUT2D eigenvalue weighted by Crippen LogP contribution is 2.25. The van der Waals surface area contributed by atoms with E-state index >= 15 is 0 Å². The van der Waals surface area contributed by atoms with Gasteiger partial charge >= 0.3 is 0 Å². The minimum Gasteiger partial charge on any atom is -0.396 e. The summed E-state index contributed by atoms with van der Waals surface area (Å²) in [5.41, 5.74) is 0. The lowest BCUT2D eigenvalue weighted by Crippen LogP contribution is -2.48. The first-order valence-electron chi connectivity index (χ1n) is 6.33. The van der Waals surface area contributed by atoms with Crippen molar-refractivity contribution in [3.8, 4) is 0 Å². The molecule has 0 saturated heterocycles. The first-order valence-corrected chi connectivity index (χ1v) is 6.33. The molecule has 1 fully saturated rings. The molecule has 1 rings (SSSR count). The van der Waals surface area contributed by atoms with E-state index in [0.717, 1.165) is 32.2 Å². The highest BCUT2D eigenvalue weighted by Gasteiger charge is 2.28. The molecule has 94 valence electrons. The Kier molecular flexibility index (Phi) is 5.77. The summed E-state index contributed by atoms with van der Waals surface area (Å²) in [5.74, 6) is 0.381. The van der Waals surface area contributed by atoms with Crippen molar-refractivity contribution in [1.29, 1.82) is 0 Å². The molecular formula is C12H24N2O2. The van der Waals surface area contributed by atoms with E-state index in [1.807, 2.05) is 13.8 Å². The third-order valence-corrected chi connectivity index (χ3v) is 3.30. The Hall–Kier alpha value is -0.610. The Balaban J connectivity index is 2.32. The van der Waals surface area contributed by atoms with Gasteiger partial charge in [0.25, 0.3) is 0 Å². The molecule has 0 heterocycles. The largest absolute Gasteiger partial charge is 0.396 e. The van der Waals surface area contributed by atoms with Gasteiger partial charge in [0, 0.05) is 19.2 Å². The van der Waals surface area contributed by atoms with E-state index in [2.05, 4.69) is 10.6 Å². The number of carbonyl (C=O) groups is 1. The molecule has 3 N–H and O–H groups in total. The molecule has 3 atom stereocenters. The van der Waals surface area contributed by atoms with Gasteiger partial charge in [-0.3, -0.25) is 4.79 Å². The SMILES string of the molecule is CCCNC(=O)C(C)NC1CCCC1CO. The summed E-state index contributed by atoms with van der Waals surface area (Å²) in [6, 6.07) is 0.135. The number of carbonyl (C=O) groups excluding carboxylic acids is 1. The van der Waals surface area contributed by atoms with Crippen molar-refractivity contribution in [2.24, 2.45) is 5.92 Å². The Labute approximate surface area is 97.8 Å². The summed E-state index contributed by atoms with van der Waals surface area (Å²) in [6.07, 6.45) is 4.24. The maximum Gasteiger partial charge on any atom is 0.236 e. The first-order chi connectivity index (χ1) is 7.69. The fourth-order valence-corrected chi connectivity index (χ4v) is 2.27. The summed E-state index contributed by atoms with van der Waals surface area (Å²) in [5, 5.41) is 15.4. The quantitative estimate of drug-likeness (QED) is 0.625. The zero-order valence-electron chi connectivity index (χ0n) is 10.3. The van der Waals surface area contributed by atoms with Crippen LogP contribution in [0.1, 0.15) is 39.5 Å². The van der Waals surface area contributed by atoms with Gasteiger partial charge in [-0.15, -0.1) is 0 Å². The first kappa shape index (κ1) is 13.5. The minimum absolute atomic E-state index is 0.0606. The number of amides is 1. The Morgan fingerprint density at radius 1 is 1.50 bits per heavy atom. The van der Waals surface area contributed by atoms with Gasteiger partial charge in [0.15, 0.2) is 0 Å². The minimum atomic E-state index is -0.163. The van der Waals surface area contributed by atoms with Gasteiger partial charge in [-0.2, -0.15) is 0 Å². The van der Waals surface area contributed by atoms with Gasteiger partial charge in [0.2, 0.25) is 5.91 Å². The predicted molar refractivity (Wildman–Crippen MR) is 64.1 cm³/mol. The topological polar surface area (TPSA) is 61.4 Å². The lowest BCUT2D eigenvalue weighted by Gasteiger charge is -2.23. The van der Waals surface area contributed by atoms with Crippen molar-refractivity contribution in [2.45, 2.75) is 51.6 Å². The molecule has 3 unspecified atom stereocenters. The van der Waals surface area contributed by atoms with Gasteiger partial charge < -0.3 is 15.7 Å². The Morgan fingerprint density at radius 2 is 2.25 bits per heavy atom. The van der Waals surface area contributed by atoms with Crippen LogP contribution in [0, 0.1) is 5.92 Å². The van der Waals surface area contributed by atoms with Crippen LogP contribution in [0.4, 0.5) is 0 Å². The number of rotatable bonds is 6. The molecule has 1 aliphatic carbocycles. The van der Waals surface area contributed by atoms with Crippen molar-refractivity contribution in [2.75, 3.05) is 13.2 Å². The molecular weight excluding hydrogens is 204 g/mol. The van der Waals surface area contributed by atoms with Crippen LogP contribution in [0.15, 0.2) is 0 Å². The predicted octanol–water partition coefficient (Wildman–Crippen LogP) is 0.652. The average molecular weight is 228 g/mol. The molecule has 0 bridgehead atoms. The fourth-order valence-electron chi connectivity index (χ4n) is 2.27. The van der Waals surface area contributed by atoms with Gasteiger partial charge in [-0.1, -0.05) is 13.3 Å². The smallest absolute Gasteiger partial charge is 0.236 e. The highest BCUT2D eigenvalue weighted by atomic mass is 16.3. The second-order valence-electron chi connectivity index (χ2n) is 4.66. The van der Waals surface area contributed by atoms with Crippen LogP contribution in [-0.2, 0) is 4.79 Å². The summed E-state index contributed by atoms with van der Waals surface area (Å²) in [7, 11) is 0. The van der Waals surface area contributed by atoms with E-state index in [9.17, 15) is 9.90 Å². The molecule has 4 heteroatoms. The van der Waals surface area contributed by atoms with Crippen LogP contribution in [0.25, 0.3) is 0 Å². The number of nitrogens with one attached hydrogen (secondary N) is 2. The normalized spacial score (nSPS) is 26.7.